The van der Waals surface area contributed by atoms with Crippen molar-refractivity contribution in [2.24, 2.45) is 0 Å². The van der Waals surface area contributed by atoms with Crippen LogP contribution in [-0.2, 0) is 14.8 Å². The van der Waals surface area contributed by atoms with Crippen LogP contribution in [0, 0.1) is 0 Å². The SMILES string of the molecule is C[C@@H](NC(=O)CN(C)S(=O)(=O)c1cc(Cl)ccc1Cl)c1cccc(Br)c1. The molecule has 0 aromatic heterocycles. The normalized spacial score (nSPS) is 12.8. The Kier molecular flexibility index (Phi) is 7.10. The van der Waals surface area contributed by atoms with Gasteiger partial charge < -0.3 is 5.32 Å². The van der Waals surface area contributed by atoms with Crippen LogP contribution in [0.5, 0.6) is 0 Å². The van der Waals surface area contributed by atoms with Gasteiger partial charge in [0.1, 0.15) is 4.90 Å². The summed E-state index contributed by atoms with van der Waals surface area (Å²) in [6.45, 7) is 1.48. The molecule has 0 fully saturated rings. The maximum absolute atomic E-state index is 12.6. The second kappa shape index (κ2) is 8.71. The zero-order valence-electron chi connectivity index (χ0n) is 14.0. The number of hydrogen-bond donors (Lipinski definition) is 1. The van der Waals surface area contributed by atoms with E-state index in [1.807, 2.05) is 31.2 Å². The van der Waals surface area contributed by atoms with Crippen LogP contribution in [0.25, 0.3) is 0 Å². The van der Waals surface area contributed by atoms with Crippen LogP contribution in [0.1, 0.15) is 18.5 Å². The van der Waals surface area contributed by atoms with Gasteiger partial charge in [0.15, 0.2) is 0 Å². The number of hydrogen-bond acceptors (Lipinski definition) is 3. The van der Waals surface area contributed by atoms with E-state index in [4.69, 9.17) is 23.2 Å². The molecule has 1 atom stereocenters. The molecule has 0 aliphatic carbocycles. The van der Waals surface area contributed by atoms with E-state index in [0.29, 0.717) is 0 Å². The summed E-state index contributed by atoms with van der Waals surface area (Å²) in [6.07, 6.45) is 0. The van der Waals surface area contributed by atoms with Gasteiger partial charge in [-0.25, -0.2) is 8.42 Å². The first-order valence-corrected chi connectivity index (χ1v) is 10.6. The first-order valence-electron chi connectivity index (χ1n) is 7.57. The zero-order valence-corrected chi connectivity index (χ0v) is 18.0. The number of carbonyl (C=O) groups excluding carboxylic acids is 1. The molecule has 0 saturated carbocycles. The molecule has 5 nitrogen and oxygen atoms in total. The van der Waals surface area contributed by atoms with E-state index in [9.17, 15) is 13.2 Å². The molecule has 1 N–H and O–H groups in total. The molecule has 2 aromatic rings. The number of sulfonamides is 1. The summed E-state index contributed by atoms with van der Waals surface area (Å²) < 4.78 is 27.1. The molecule has 0 aliphatic heterocycles. The summed E-state index contributed by atoms with van der Waals surface area (Å²) in [7, 11) is -2.63. The number of amides is 1. The van der Waals surface area contributed by atoms with Crippen molar-refractivity contribution in [1.29, 1.82) is 0 Å². The predicted molar refractivity (Wildman–Crippen MR) is 107 cm³/mol. The van der Waals surface area contributed by atoms with Crippen LogP contribution in [0.3, 0.4) is 0 Å². The monoisotopic (exact) mass is 478 g/mol. The number of nitrogens with zero attached hydrogens (tertiary/aromatic N) is 1. The van der Waals surface area contributed by atoms with Crippen LogP contribution < -0.4 is 5.32 Å². The Morgan fingerprint density at radius 1 is 1.23 bits per heavy atom. The molecule has 2 aromatic carbocycles. The van der Waals surface area contributed by atoms with Crippen molar-refractivity contribution < 1.29 is 13.2 Å². The van der Waals surface area contributed by atoms with E-state index < -0.39 is 15.9 Å². The van der Waals surface area contributed by atoms with Crippen molar-refractivity contribution >= 4 is 55.1 Å². The summed E-state index contributed by atoms with van der Waals surface area (Å²) in [5, 5.41) is 3.07. The standard InChI is InChI=1S/C17H17BrCl2N2O3S/c1-11(12-4-3-5-13(18)8-12)21-17(23)10-22(2)26(24,25)16-9-14(19)6-7-15(16)20/h3-9,11H,10H2,1-2H3,(H,21,23)/t11-/m1/s1. The molecular weight excluding hydrogens is 463 g/mol. The Hall–Kier alpha value is -1.12. The van der Waals surface area contributed by atoms with E-state index in [2.05, 4.69) is 21.2 Å². The van der Waals surface area contributed by atoms with E-state index in [-0.39, 0.29) is 27.5 Å². The molecule has 0 heterocycles. The van der Waals surface area contributed by atoms with Crippen molar-refractivity contribution in [1.82, 2.24) is 9.62 Å². The third-order valence-corrected chi connectivity index (χ3v) is 6.69. The summed E-state index contributed by atoms with van der Waals surface area (Å²) in [5.74, 6) is -0.429. The molecule has 140 valence electrons. The Bertz CT molecular complexity index is 922. The number of likely N-dealkylation sites (N-methyl/N-ethyl adjacent to an activating group) is 1. The predicted octanol–water partition coefficient (Wildman–Crippen LogP) is 4.25. The minimum absolute atomic E-state index is 0.0455. The van der Waals surface area contributed by atoms with Gasteiger partial charge >= 0.3 is 0 Å². The molecule has 0 spiro atoms. The number of rotatable bonds is 6. The van der Waals surface area contributed by atoms with Gasteiger partial charge in [-0.1, -0.05) is 51.3 Å². The van der Waals surface area contributed by atoms with E-state index in [1.54, 1.807) is 0 Å². The van der Waals surface area contributed by atoms with Gasteiger partial charge in [-0.05, 0) is 42.8 Å². The molecule has 0 aliphatic rings. The van der Waals surface area contributed by atoms with Crippen molar-refractivity contribution in [3.63, 3.8) is 0 Å². The maximum Gasteiger partial charge on any atom is 0.244 e. The Morgan fingerprint density at radius 3 is 2.58 bits per heavy atom. The molecule has 1 amide bonds. The van der Waals surface area contributed by atoms with Gasteiger partial charge in [0, 0.05) is 16.5 Å². The summed E-state index contributed by atoms with van der Waals surface area (Å²) in [4.78, 5) is 12.1. The fraction of sp³-hybridized carbons (Fsp3) is 0.235. The highest BCUT2D eigenvalue weighted by atomic mass is 79.9. The highest BCUT2D eigenvalue weighted by Gasteiger charge is 2.26. The molecule has 0 bridgehead atoms. The summed E-state index contributed by atoms with van der Waals surface area (Å²) >= 11 is 15.2. The fourth-order valence-corrected chi connectivity index (χ4v) is 4.55. The molecule has 2 rings (SSSR count). The van der Waals surface area contributed by atoms with Gasteiger partial charge in [-0.15, -0.1) is 0 Å². The smallest absolute Gasteiger partial charge is 0.244 e. The van der Waals surface area contributed by atoms with Crippen LogP contribution in [0.2, 0.25) is 10.0 Å². The Labute approximate surface area is 171 Å². The second-order valence-electron chi connectivity index (χ2n) is 5.68. The van der Waals surface area contributed by atoms with Gasteiger partial charge in [-0.2, -0.15) is 4.31 Å². The fourth-order valence-electron chi connectivity index (χ4n) is 2.28. The maximum atomic E-state index is 12.6. The first kappa shape index (κ1) is 21.2. The van der Waals surface area contributed by atoms with E-state index >= 15 is 0 Å². The lowest BCUT2D eigenvalue weighted by Gasteiger charge is -2.20. The van der Waals surface area contributed by atoms with Crippen molar-refractivity contribution in [2.45, 2.75) is 17.9 Å². The van der Waals surface area contributed by atoms with Crippen molar-refractivity contribution in [3.05, 3.63) is 62.5 Å². The lowest BCUT2D eigenvalue weighted by Crippen LogP contribution is -2.39. The minimum atomic E-state index is -3.95. The third-order valence-electron chi connectivity index (χ3n) is 3.67. The largest absolute Gasteiger partial charge is 0.348 e. The Morgan fingerprint density at radius 2 is 1.92 bits per heavy atom. The topological polar surface area (TPSA) is 66.5 Å². The molecular formula is C17H17BrCl2N2O3S. The highest BCUT2D eigenvalue weighted by molar-refractivity contribution is 9.10. The van der Waals surface area contributed by atoms with Crippen molar-refractivity contribution in [3.8, 4) is 0 Å². The number of nitrogens with one attached hydrogen (secondary N) is 1. The van der Waals surface area contributed by atoms with Gasteiger partial charge in [0.25, 0.3) is 0 Å². The number of carbonyl (C=O) groups is 1. The molecule has 9 heteroatoms. The molecule has 0 unspecified atom stereocenters. The van der Waals surface area contributed by atoms with E-state index in [0.717, 1.165) is 14.3 Å². The lowest BCUT2D eigenvalue weighted by molar-refractivity contribution is -0.121. The van der Waals surface area contributed by atoms with Gasteiger partial charge in [-0.3, -0.25) is 4.79 Å². The second-order valence-corrected chi connectivity index (χ2v) is 9.45. The zero-order chi connectivity index (χ0) is 19.5. The van der Waals surface area contributed by atoms with Crippen LogP contribution in [0.4, 0.5) is 0 Å². The summed E-state index contributed by atoms with van der Waals surface area (Å²) in [6, 6.07) is 11.4. The van der Waals surface area contributed by atoms with Gasteiger partial charge in [0.2, 0.25) is 15.9 Å². The number of benzene rings is 2. The van der Waals surface area contributed by atoms with E-state index in [1.165, 1.54) is 25.2 Å². The minimum Gasteiger partial charge on any atom is -0.348 e. The average molecular weight is 480 g/mol. The first-order chi connectivity index (χ1) is 12.1. The van der Waals surface area contributed by atoms with Crippen LogP contribution in [-0.4, -0.2) is 32.2 Å². The average Bonchev–Trinajstić information content (AvgIpc) is 2.56. The van der Waals surface area contributed by atoms with Crippen LogP contribution >= 0.6 is 39.1 Å². The number of halogens is 3. The van der Waals surface area contributed by atoms with Crippen molar-refractivity contribution in [2.75, 3.05) is 13.6 Å². The van der Waals surface area contributed by atoms with Gasteiger partial charge in [0.05, 0.1) is 17.6 Å². The quantitative estimate of drug-likeness (QED) is 0.673. The molecule has 26 heavy (non-hydrogen) atoms. The summed E-state index contributed by atoms with van der Waals surface area (Å²) in [5.41, 5.74) is 0.899. The highest BCUT2D eigenvalue weighted by Crippen LogP contribution is 2.27. The third kappa shape index (κ3) is 5.20. The lowest BCUT2D eigenvalue weighted by atomic mass is 10.1. The molecule has 0 saturated heterocycles. The van der Waals surface area contributed by atoms with Crippen LogP contribution in [0.15, 0.2) is 51.8 Å². The molecule has 0 radical (unpaired) electrons. The Balaban J connectivity index is 2.09.